The topological polar surface area (TPSA) is 88.7 Å². The van der Waals surface area contributed by atoms with Crippen molar-refractivity contribution >= 4 is 34.8 Å². The van der Waals surface area contributed by atoms with E-state index in [0.717, 1.165) is 19.4 Å². The third-order valence-corrected chi connectivity index (χ3v) is 4.78. The molecule has 0 aliphatic carbocycles. The Bertz CT molecular complexity index is 878. The number of ether oxygens (including phenoxy) is 2. The van der Waals surface area contributed by atoms with Gasteiger partial charge in [0.15, 0.2) is 5.11 Å². The molecule has 1 saturated heterocycles. The molecule has 158 valence electrons. The zero-order chi connectivity index (χ0) is 21.3. The van der Waals surface area contributed by atoms with Gasteiger partial charge in [-0.1, -0.05) is 0 Å². The summed E-state index contributed by atoms with van der Waals surface area (Å²) in [5.74, 6) is 0.235. The Labute approximate surface area is 181 Å². The molecule has 7 nitrogen and oxygen atoms in total. The molecule has 8 heteroatoms. The van der Waals surface area contributed by atoms with Crippen molar-refractivity contribution in [3.63, 3.8) is 0 Å². The molecule has 0 spiro atoms. The van der Waals surface area contributed by atoms with Crippen LogP contribution in [0.15, 0.2) is 48.5 Å². The van der Waals surface area contributed by atoms with E-state index in [0.29, 0.717) is 35.7 Å². The predicted molar refractivity (Wildman–Crippen MR) is 119 cm³/mol. The van der Waals surface area contributed by atoms with Gasteiger partial charge in [-0.05, 0) is 80.5 Å². The summed E-state index contributed by atoms with van der Waals surface area (Å²) in [5.41, 5.74) is 1.69. The molecular weight excluding hydrogens is 402 g/mol. The zero-order valence-electron chi connectivity index (χ0n) is 16.8. The van der Waals surface area contributed by atoms with Crippen molar-refractivity contribution in [1.82, 2.24) is 10.6 Å². The van der Waals surface area contributed by atoms with Crippen LogP contribution in [0.3, 0.4) is 0 Å². The van der Waals surface area contributed by atoms with E-state index in [2.05, 4.69) is 16.0 Å². The number of hydrogen-bond donors (Lipinski definition) is 3. The number of thiocarbonyl (C=S) groups is 1. The van der Waals surface area contributed by atoms with Crippen molar-refractivity contribution in [2.24, 2.45) is 0 Å². The summed E-state index contributed by atoms with van der Waals surface area (Å²) >= 11 is 5.21. The first kappa shape index (κ1) is 21.7. The lowest BCUT2D eigenvalue weighted by Gasteiger charge is -2.12. The van der Waals surface area contributed by atoms with Gasteiger partial charge >= 0.3 is 0 Å². The van der Waals surface area contributed by atoms with Gasteiger partial charge in [-0.25, -0.2) is 0 Å². The molecule has 2 amide bonds. The number of rotatable bonds is 7. The minimum Gasteiger partial charge on any atom is -0.494 e. The molecule has 2 aromatic rings. The fourth-order valence-electron chi connectivity index (χ4n) is 3.03. The van der Waals surface area contributed by atoms with Gasteiger partial charge < -0.3 is 20.1 Å². The number of hydrogen-bond acceptors (Lipinski definition) is 5. The summed E-state index contributed by atoms with van der Waals surface area (Å²) in [5, 5.41) is 8.62. The number of carbonyl (C=O) groups excluding carboxylic acids is 2. The highest BCUT2D eigenvalue weighted by molar-refractivity contribution is 7.80. The van der Waals surface area contributed by atoms with Crippen LogP contribution < -0.4 is 20.7 Å². The molecule has 3 rings (SSSR count). The molecule has 0 aromatic heterocycles. The van der Waals surface area contributed by atoms with Gasteiger partial charge in [-0.2, -0.15) is 0 Å². The Morgan fingerprint density at radius 3 is 2.37 bits per heavy atom. The van der Waals surface area contributed by atoms with Crippen molar-refractivity contribution < 1.29 is 19.1 Å². The SMILES string of the molecule is CCOc1ccc(C(=O)NC(=S)Nc2ccc(C(=O)NCC3CCCO3)cc2)cc1. The molecule has 1 atom stereocenters. The van der Waals surface area contributed by atoms with Crippen LogP contribution in [-0.2, 0) is 4.74 Å². The van der Waals surface area contributed by atoms with Crippen LogP contribution in [0.2, 0.25) is 0 Å². The highest BCUT2D eigenvalue weighted by atomic mass is 32.1. The lowest BCUT2D eigenvalue weighted by atomic mass is 10.2. The van der Waals surface area contributed by atoms with Gasteiger partial charge in [-0.3, -0.25) is 14.9 Å². The first-order valence-corrected chi connectivity index (χ1v) is 10.3. The number of amides is 2. The maximum atomic E-state index is 12.3. The fourth-order valence-corrected chi connectivity index (χ4v) is 3.24. The first-order valence-electron chi connectivity index (χ1n) is 9.90. The van der Waals surface area contributed by atoms with Crippen molar-refractivity contribution in [1.29, 1.82) is 0 Å². The Balaban J connectivity index is 1.47. The van der Waals surface area contributed by atoms with E-state index in [4.69, 9.17) is 21.7 Å². The lowest BCUT2D eigenvalue weighted by Crippen LogP contribution is -2.34. The van der Waals surface area contributed by atoms with Crippen LogP contribution >= 0.6 is 12.2 Å². The smallest absolute Gasteiger partial charge is 0.257 e. The zero-order valence-corrected chi connectivity index (χ0v) is 17.6. The van der Waals surface area contributed by atoms with Crippen molar-refractivity contribution in [3.8, 4) is 5.75 Å². The van der Waals surface area contributed by atoms with Gasteiger partial charge in [-0.15, -0.1) is 0 Å². The molecule has 0 saturated carbocycles. The Hall–Kier alpha value is -2.97. The molecule has 1 fully saturated rings. The molecule has 3 N–H and O–H groups in total. The molecule has 1 aliphatic rings. The van der Waals surface area contributed by atoms with Crippen LogP contribution in [0.1, 0.15) is 40.5 Å². The van der Waals surface area contributed by atoms with Crippen LogP contribution in [0, 0.1) is 0 Å². The average molecular weight is 428 g/mol. The number of nitrogens with one attached hydrogen (secondary N) is 3. The standard InChI is InChI=1S/C22H25N3O4S/c1-2-28-18-11-7-16(8-12-18)21(27)25-22(30)24-17-9-5-15(6-10-17)20(26)23-14-19-4-3-13-29-19/h5-12,19H,2-4,13-14H2,1H3,(H,23,26)(H2,24,25,27,30). The van der Waals surface area contributed by atoms with E-state index in [9.17, 15) is 9.59 Å². The van der Waals surface area contributed by atoms with Gasteiger partial charge in [0.05, 0.1) is 12.7 Å². The van der Waals surface area contributed by atoms with Crippen molar-refractivity contribution in [2.75, 3.05) is 25.1 Å². The van der Waals surface area contributed by atoms with Crippen LogP contribution in [0.4, 0.5) is 5.69 Å². The predicted octanol–water partition coefficient (Wildman–Crippen LogP) is 3.12. The molecule has 1 heterocycles. The second kappa shape index (κ2) is 10.7. The highest BCUT2D eigenvalue weighted by Crippen LogP contribution is 2.14. The molecule has 1 aliphatic heterocycles. The van der Waals surface area contributed by atoms with Crippen LogP contribution in [0.25, 0.3) is 0 Å². The average Bonchev–Trinajstić information content (AvgIpc) is 3.27. The van der Waals surface area contributed by atoms with Crippen molar-refractivity contribution in [2.45, 2.75) is 25.9 Å². The van der Waals surface area contributed by atoms with Crippen molar-refractivity contribution in [3.05, 3.63) is 59.7 Å². The maximum Gasteiger partial charge on any atom is 0.257 e. The Kier molecular flexibility index (Phi) is 7.75. The summed E-state index contributed by atoms with van der Waals surface area (Å²) in [7, 11) is 0. The molecular formula is C22H25N3O4S. The molecule has 0 radical (unpaired) electrons. The second-order valence-electron chi connectivity index (χ2n) is 6.79. The van der Waals surface area contributed by atoms with E-state index < -0.39 is 0 Å². The minimum atomic E-state index is -0.319. The van der Waals surface area contributed by atoms with E-state index in [1.54, 1.807) is 48.5 Å². The summed E-state index contributed by atoms with van der Waals surface area (Å²) in [6.07, 6.45) is 2.12. The summed E-state index contributed by atoms with van der Waals surface area (Å²) < 4.78 is 10.9. The molecule has 30 heavy (non-hydrogen) atoms. The Morgan fingerprint density at radius 2 is 1.73 bits per heavy atom. The van der Waals surface area contributed by atoms with Gasteiger partial charge in [0.25, 0.3) is 11.8 Å². The number of benzene rings is 2. The maximum absolute atomic E-state index is 12.3. The largest absolute Gasteiger partial charge is 0.494 e. The first-order chi connectivity index (χ1) is 14.5. The van der Waals surface area contributed by atoms with Crippen LogP contribution in [-0.4, -0.2) is 42.8 Å². The fraction of sp³-hybridized carbons (Fsp3) is 0.318. The van der Waals surface area contributed by atoms with E-state index in [1.807, 2.05) is 6.92 Å². The third-order valence-electron chi connectivity index (χ3n) is 4.57. The van der Waals surface area contributed by atoms with Gasteiger partial charge in [0, 0.05) is 30.0 Å². The summed E-state index contributed by atoms with van der Waals surface area (Å²) in [6, 6.07) is 13.7. The molecule has 2 aromatic carbocycles. The molecule has 0 bridgehead atoms. The second-order valence-corrected chi connectivity index (χ2v) is 7.20. The Morgan fingerprint density at radius 1 is 1.07 bits per heavy atom. The minimum absolute atomic E-state index is 0.103. The van der Waals surface area contributed by atoms with E-state index in [-0.39, 0.29) is 23.0 Å². The monoisotopic (exact) mass is 427 g/mol. The van der Waals surface area contributed by atoms with E-state index in [1.165, 1.54) is 0 Å². The third kappa shape index (κ3) is 6.27. The molecule has 1 unspecified atom stereocenters. The van der Waals surface area contributed by atoms with E-state index >= 15 is 0 Å². The lowest BCUT2D eigenvalue weighted by molar-refractivity contribution is 0.0857. The quantitative estimate of drug-likeness (QED) is 0.589. The summed E-state index contributed by atoms with van der Waals surface area (Å²) in [6.45, 7) is 3.74. The highest BCUT2D eigenvalue weighted by Gasteiger charge is 2.16. The summed E-state index contributed by atoms with van der Waals surface area (Å²) in [4.78, 5) is 24.5. The van der Waals surface area contributed by atoms with Gasteiger partial charge in [0.2, 0.25) is 0 Å². The normalized spacial score (nSPS) is 15.3. The van der Waals surface area contributed by atoms with Gasteiger partial charge in [0.1, 0.15) is 5.75 Å². The number of carbonyl (C=O) groups is 2. The van der Waals surface area contributed by atoms with Crippen LogP contribution in [0.5, 0.6) is 5.75 Å². The number of anilines is 1.